The Labute approximate surface area is 210 Å². The van der Waals surface area contributed by atoms with Gasteiger partial charge in [-0.3, -0.25) is 14.9 Å². The number of hydrogen-bond acceptors (Lipinski definition) is 6. The van der Waals surface area contributed by atoms with E-state index in [4.69, 9.17) is 16.6 Å². The number of benzene rings is 3. The fraction of sp³-hybridized carbons (Fsp3) is 0.120. The number of carbonyl (C=O) groups is 1. The van der Waals surface area contributed by atoms with E-state index in [1.165, 1.54) is 48.2 Å². The van der Waals surface area contributed by atoms with Gasteiger partial charge in [-0.1, -0.05) is 35.5 Å². The summed E-state index contributed by atoms with van der Waals surface area (Å²) in [6.07, 6.45) is 0. The van der Waals surface area contributed by atoms with E-state index >= 15 is 0 Å². The molecule has 2 N–H and O–H groups in total. The molecule has 0 bridgehead atoms. The van der Waals surface area contributed by atoms with Gasteiger partial charge in [0.1, 0.15) is 11.9 Å². The van der Waals surface area contributed by atoms with Crippen molar-refractivity contribution in [2.45, 2.75) is 18.7 Å². The molecule has 1 aliphatic rings. The molecule has 178 valence electrons. The fourth-order valence-corrected chi connectivity index (χ4v) is 4.53. The molecule has 1 unspecified atom stereocenters. The number of amidine groups is 1. The molecule has 0 spiro atoms. The normalized spacial score (nSPS) is 15.3. The number of nitrogens with one attached hydrogen (secondary N) is 2. The van der Waals surface area contributed by atoms with Crippen molar-refractivity contribution in [3.8, 4) is 0 Å². The second kappa shape index (κ2) is 10.7. The van der Waals surface area contributed by atoms with Crippen molar-refractivity contribution in [2.75, 3.05) is 5.32 Å². The van der Waals surface area contributed by atoms with Crippen LogP contribution in [0.1, 0.15) is 24.1 Å². The SMILES string of the molecule is CC1=C(C(=O)Nc2ccc(F)cc2)C(c2ccc([N+](=O)[O-])cc2)N=C(SCc2ccc(Cl)cc2)N1. The summed E-state index contributed by atoms with van der Waals surface area (Å²) in [5.41, 5.74) is 3.02. The van der Waals surface area contributed by atoms with Crippen molar-refractivity contribution in [1.29, 1.82) is 0 Å². The first-order valence-corrected chi connectivity index (χ1v) is 11.9. The van der Waals surface area contributed by atoms with Crippen LogP contribution in [0, 0.1) is 15.9 Å². The van der Waals surface area contributed by atoms with Gasteiger partial charge in [-0.25, -0.2) is 9.38 Å². The van der Waals surface area contributed by atoms with Crippen LogP contribution in [0.4, 0.5) is 15.8 Å². The van der Waals surface area contributed by atoms with Crippen LogP contribution >= 0.6 is 23.4 Å². The number of nitro benzene ring substituents is 1. The maximum absolute atomic E-state index is 13.3. The van der Waals surface area contributed by atoms with Crippen LogP contribution in [0.25, 0.3) is 0 Å². The van der Waals surface area contributed by atoms with Crippen molar-refractivity contribution < 1.29 is 14.1 Å². The quantitative estimate of drug-likeness (QED) is 0.302. The van der Waals surface area contributed by atoms with Gasteiger partial charge in [0, 0.05) is 34.3 Å². The minimum absolute atomic E-state index is 0.0537. The third kappa shape index (κ3) is 6.06. The number of hydrogen-bond donors (Lipinski definition) is 2. The molecule has 4 rings (SSSR count). The average Bonchev–Trinajstić information content (AvgIpc) is 2.84. The highest BCUT2D eigenvalue weighted by Crippen LogP contribution is 2.34. The zero-order chi connectivity index (χ0) is 24.9. The number of halogens is 2. The molecule has 1 aliphatic heterocycles. The van der Waals surface area contributed by atoms with Crippen LogP contribution in [0.2, 0.25) is 5.02 Å². The molecular formula is C25H20ClFN4O3S. The predicted molar refractivity (Wildman–Crippen MR) is 137 cm³/mol. The molecule has 0 saturated carbocycles. The molecule has 1 atom stereocenters. The van der Waals surface area contributed by atoms with Gasteiger partial charge in [0.2, 0.25) is 0 Å². The van der Waals surface area contributed by atoms with E-state index in [2.05, 4.69) is 10.6 Å². The Hall–Kier alpha value is -3.69. The smallest absolute Gasteiger partial charge is 0.269 e. The summed E-state index contributed by atoms with van der Waals surface area (Å²) < 4.78 is 13.3. The predicted octanol–water partition coefficient (Wildman–Crippen LogP) is 6.23. The largest absolute Gasteiger partial charge is 0.338 e. The Morgan fingerprint density at radius 3 is 2.40 bits per heavy atom. The molecule has 7 nitrogen and oxygen atoms in total. The lowest BCUT2D eigenvalue weighted by Gasteiger charge is -2.26. The number of aliphatic imine (C=N–C) groups is 1. The van der Waals surface area contributed by atoms with Gasteiger partial charge in [0.15, 0.2) is 5.17 Å². The molecule has 10 heteroatoms. The van der Waals surface area contributed by atoms with E-state index in [1.807, 2.05) is 24.3 Å². The average molecular weight is 511 g/mol. The maximum atomic E-state index is 13.3. The topological polar surface area (TPSA) is 96.6 Å². The first-order valence-electron chi connectivity index (χ1n) is 10.5. The summed E-state index contributed by atoms with van der Waals surface area (Å²) in [7, 11) is 0. The summed E-state index contributed by atoms with van der Waals surface area (Å²) in [6.45, 7) is 1.77. The Morgan fingerprint density at radius 2 is 1.77 bits per heavy atom. The molecule has 1 amide bonds. The van der Waals surface area contributed by atoms with Gasteiger partial charge in [0.25, 0.3) is 11.6 Å². The first-order chi connectivity index (χ1) is 16.8. The fourth-order valence-electron chi connectivity index (χ4n) is 3.50. The van der Waals surface area contributed by atoms with E-state index in [9.17, 15) is 19.3 Å². The minimum Gasteiger partial charge on any atom is -0.338 e. The molecule has 0 fully saturated rings. The molecule has 0 aliphatic carbocycles. The number of allylic oxidation sites excluding steroid dienone is 1. The number of thioether (sulfide) groups is 1. The Balaban J connectivity index is 1.62. The Morgan fingerprint density at radius 1 is 1.11 bits per heavy atom. The highest BCUT2D eigenvalue weighted by atomic mass is 35.5. The number of non-ortho nitro benzene ring substituents is 1. The van der Waals surface area contributed by atoms with Crippen LogP contribution in [-0.2, 0) is 10.5 Å². The van der Waals surface area contributed by atoms with Crippen molar-refractivity contribution in [3.63, 3.8) is 0 Å². The molecule has 0 aromatic heterocycles. The number of amides is 1. The monoisotopic (exact) mass is 510 g/mol. The number of carbonyl (C=O) groups excluding carboxylic acids is 1. The summed E-state index contributed by atoms with van der Waals surface area (Å²) in [6, 6.07) is 18.2. The molecule has 35 heavy (non-hydrogen) atoms. The number of rotatable bonds is 6. The van der Waals surface area contributed by atoms with Gasteiger partial charge in [-0.05, 0) is 66.6 Å². The highest BCUT2D eigenvalue weighted by molar-refractivity contribution is 8.13. The Bertz CT molecular complexity index is 1310. The van der Waals surface area contributed by atoms with Gasteiger partial charge < -0.3 is 10.6 Å². The van der Waals surface area contributed by atoms with E-state index in [1.54, 1.807) is 19.1 Å². The summed E-state index contributed by atoms with van der Waals surface area (Å²) in [5.74, 6) is -0.190. The second-order valence-corrected chi connectivity index (χ2v) is 9.13. The Kier molecular flexibility index (Phi) is 7.48. The summed E-state index contributed by atoms with van der Waals surface area (Å²) >= 11 is 7.43. The lowest BCUT2D eigenvalue weighted by atomic mass is 9.95. The van der Waals surface area contributed by atoms with Crippen LogP contribution in [-0.4, -0.2) is 16.0 Å². The van der Waals surface area contributed by atoms with E-state index in [-0.39, 0.29) is 5.69 Å². The zero-order valence-electron chi connectivity index (χ0n) is 18.5. The van der Waals surface area contributed by atoms with Crippen molar-refractivity contribution in [1.82, 2.24) is 5.32 Å². The van der Waals surface area contributed by atoms with Crippen molar-refractivity contribution in [3.05, 3.63) is 116 Å². The van der Waals surface area contributed by atoms with Gasteiger partial charge in [-0.2, -0.15) is 0 Å². The third-order valence-electron chi connectivity index (χ3n) is 5.27. The van der Waals surface area contributed by atoms with Gasteiger partial charge in [0.05, 0.1) is 10.5 Å². The second-order valence-electron chi connectivity index (χ2n) is 7.73. The van der Waals surface area contributed by atoms with E-state index < -0.39 is 22.7 Å². The first kappa shape index (κ1) is 24.4. The van der Waals surface area contributed by atoms with E-state index in [0.29, 0.717) is 38.5 Å². The van der Waals surface area contributed by atoms with Gasteiger partial charge >= 0.3 is 0 Å². The molecule has 3 aromatic carbocycles. The lowest BCUT2D eigenvalue weighted by Crippen LogP contribution is -2.32. The minimum atomic E-state index is -0.690. The zero-order valence-corrected chi connectivity index (χ0v) is 20.1. The van der Waals surface area contributed by atoms with Crippen molar-refractivity contribution in [2.24, 2.45) is 4.99 Å². The molecule has 3 aromatic rings. The summed E-state index contributed by atoms with van der Waals surface area (Å²) in [5, 5.41) is 18.3. The van der Waals surface area contributed by atoms with E-state index in [0.717, 1.165) is 5.56 Å². The van der Waals surface area contributed by atoms with Gasteiger partial charge in [-0.15, -0.1) is 0 Å². The van der Waals surface area contributed by atoms with Crippen LogP contribution in [0.5, 0.6) is 0 Å². The lowest BCUT2D eigenvalue weighted by molar-refractivity contribution is -0.384. The standard InChI is InChI=1S/C25H20ClFN4O3S/c1-15-22(24(32)29-20-10-8-19(27)9-11-20)23(17-4-12-21(13-5-17)31(33)34)30-25(28-15)35-14-16-2-6-18(26)7-3-16/h2-13,23H,14H2,1H3,(H,28,30)(H,29,32). The molecule has 0 saturated heterocycles. The summed E-state index contributed by atoms with van der Waals surface area (Å²) in [4.78, 5) is 28.6. The molecule has 0 radical (unpaired) electrons. The number of nitro groups is 1. The van der Waals surface area contributed by atoms with Crippen LogP contribution in [0.3, 0.4) is 0 Å². The van der Waals surface area contributed by atoms with Crippen LogP contribution in [0.15, 0.2) is 89.1 Å². The number of nitrogens with zero attached hydrogens (tertiary/aromatic N) is 2. The van der Waals surface area contributed by atoms with Crippen LogP contribution < -0.4 is 10.6 Å². The molecular weight excluding hydrogens is 491 g/mol. The highest BCUT2D eigenvalue weighted by Gasteiger charge is 2.30. The third-order valence-corrected chi connectivity index (χ3v) is 6.48. The van der Waals surface area contributed by atoms with Crippen molar-refractivity contribution >= 4 is 45.8 Å². The maximum Gasteiger partial charge on any atom is 0.269 e. The molecule has 1 heterocycles. The number of anilines is 1.